The smallest absolute Gasteiger partial charge is 0.335 e. The third-order valence-electron chi connectivity index (χ3n) is 4.84. The second-order valence-corrected chi connectivity index (χ2v) is 6.54. The molecule has 1 N–H and O–H groups in total. The summed E-state index contributed by atoms with van der Waals surface area (Å²) in [5.74, 6) is -0.448. The molecule has 1 aliphatic heterocycles. The van der Waals surface area contributed by atoms with Gasteiger partial charge in [-0.15, -0.1) is 0 Å². The van der Waals surface area contributed by atoms with Gasteiger partial charge in [0.15, 0.2) is 11.5 Å². The van der Waals surface area contributed by atoms with E-state index in [4.69, 9.17) is 14.6 Å². The second-order valence-electron chi connectivity index (χ2n) is 6.54. The number of ether oxygens (including phenoxy) is 2. The molecule has 2 aromatic carbocycles. The van der Waals surface area contributed by atoms with Crippen molar-refractivity contribution >= 4 is 17.8 Å². The summed E-state index contributed by atoms with van der Waals surface area (Å²) in [5.41, 5.74) is 0.874. The first kappa shape index (κ1) is 20.2. The maximum atomic E-state index is 12.8. The summed E-state index contributed by atoms with van der Waals surface area (Å²) in [6.07, 6.45) is 0. The summed E-state index contributed by atoms with van der Waals surface area (Å²) < 4.78 is 10.4. The normalized spacial score (nSPS) is 13.7. The van der Waals surface area contributed by atoms with Crippen molar-refractivity contribution in [2.75, 3.05) is 40.4 Å². The number of amides is 2. The first-order chi connectivity index (χ1) is 13.9. The van der Waals surface area contributed by atoms with E-state index in [0.717, 1.165) is 0 Å². The number of methoxy groups -OCH3 is 2. The van der Waals surface area contributed by atoms with Crippen LogP contribution in [0, 0.1) is 0 Å². The first-order valence-electron chi connectivity index (χ1n) is 9.08. The fourth-order valence-electron chi connectivity index (χ4n) is 3.23. The van der Waals surface area contributed by atoms with Crippen molar-refractivity contribution in [1.29, 1.82) is 0 Å². The van der Waals surface area contributed by atoms with E-state index in [1.54, 1.807) is 40.1 Å². The average Bonchev–Trinajstić information content (AvgIpc) is 2.77. The van der Waals surface area contributed by atoms with Crippen LogP contribution in [-0.4, -0.2) is 73.1 Å². The first-order valence-corrected chi connectivity index (χ1v) is 9.08. The summed E-state index contributed by atoms with van der Waals surface area (Å²) in [5, 5.41) is 9.09. The fourth-order valence-corrected chi connectivity index (χ4v) is 3.23. The number of rotatable bonds is 5. The molecule has 0 aromatic heterocycles. The zero-order valence-electron chi connectivity index (χ0n) is 16.3. The van der Waals surface area contributed by atoms with Crippen molar-refractivity contribution < 1.29 is 29.0 Å². The Kier molecular flexibility index (Phi) is 6.01. The third-order valence-corrected chi connectivity index (χ3v) is 4.84. The fraction of sp³-hybridized carbons (Fsp3) is 0.286. The van der Waals surface area contributed by atoms with Crippen LogP contribution in [0.1, 0.15) is 31.1 Å². The summed E-state index contributed by atoms with van der Waals surface area (Å²) in [6, 6.07) is 10.9. The molecule has 1 heterocycles. The Balaban J connectivity index is 1.66. The van der Waals surface area contributed by atoms with Gasteiger partial charge in [0.1, 0.15) is 0 Å². The van der Waals surface area contributed by atoms with Crippen LogP contribution in [0.4, 0.5) is 0 Å². The minimum Gasteiger partial charge on any atom is -0.493 e. The van der Waals surface area contributed by atoms with E-state index < -0.39 is 5.97 Å². The third kappa shape index (κ3) is 4.31. The zero-order chi connectivity index (χ0) is 21.0. The van der Waals surface area contributed by atoms with E-state index in [-0.39, 0.29) is 17.4 Å². The largest absolute Gasteiger partial charge is 0.493 e. The van der Waals surface area contributed by atoms with E-state index in [2.05, 4.69) is 0 Å². The molecule has 8 nitrogen and oxygen atoms in total. The number of aromatic carboxylic acids is 1. The number of nitrogens with zero attached hydrogens (tertiary/aromatic N) is 2. The van der Waals surface area contributed by atoms with Gasteiger partial charge in [0.25, 0.3) is 11.8 Å². The molecule has 8 heteroatoms. The number of carboxylic acid groups (broad SMARTS) is 1. The maximum absolute atomic E-state index is 12.8. The number of carbonyl (C=O) groups excluding carboxylic acids is 2. The Hall–Kier alpha value is -3.55. The molecule has 1 fully saturated rings. The van der Waals surface area contributed by atoms with Crippen LogP contribution >= 0.6 is 0 Å². The number of piperazine rings is 1. The maximum Gasteiger partial charge on any atom is 0.335 e. The van der Waals surface area contributed by atoms with E-state index in [1.165, 1.54) is 26.4 Å². The van der Waals surface area contributed by atoms with Gasteiger partial charge in [-0.05, 0) is 36.4 Å². The zero-order valence-corrected chi connectivity index (χ0v) is 16.3. The Morgan fingerprint density at radius 1 is 0.759 bits per heavy atom. The molecular formula is C21H22N2O6. The summed E-state index contributed by atoms with van der Waals surface area (Å²) in [7, 11) is 3.04. The number of benzene rings is 2. The van der Waals surface area contributed by atoms with Crippen LogP contribution in [0.25, 0.3) is 0 Å². The summed E-state index contributed by atoms with van der Waals surface area (Å²) in [6.45, 7) is 1.51. The Morgan fingerprint density at radius 3 is 1.79 bits per heavy atom. The van der Waals surface area contributed by atoms with Gasteiger partial charge in [-0.3, -0.25) is 9.59 Å². The van der Waals surface area contributed by atoms with Gasteiger partial charge in [-0.2, -0.15) is 0 Å². The Labute approximate surface area is 168 Å². The molecular weight excluding hydrogens is 376 g/mol. The molecule has 0 radical (unpaired) electrons. The predicted octanol–water partition coefficient (Wildman–Crippen LogP) is 2.00. The highest BCUT2D eigenvalue weighted by molar-refractivity contribution is 5.98. The lowest BCUT2D eigenvalue weighted by Crippen LogP contribution is -2.50. The minimum atomic E-state index is -1.08. The van der Waals surface area contributed by atoms with Crippen LogP contribution < -0.4 is 9.47 Å². The highest BCUT2D eigenvalue weighted by Gasteiger charge is 2.26. The molecule has 0 unspecified atom stereocenters. The van der Waals surface area contributed by atoms with Crippen molar-refractivity contribution in [3.63, 3.8) is 0 Å². The van der Waals surface area contributed by atoms with Gasteiger partial charge in [0, 0.05) is 37.3 Å². The van der Waals surface area contributed by atoms with Gasteiger partial charge in [-0.1, -0.05) is 6.07 Å². The van der Waals surface area contributed by atoms with Crippen molar-refractivity contribution in [3.05, 3.63) is 59.2 Å². The molecule has 0 spiro atoms. The molecule has 2 aromatic rings. The highest BCUT2D eigenvalue weighted by atomic mass is 16.5. The molecule has 0 atom stereocenters. The van der Waals surface area contributed by atoms with Crippen LogP contribution in [0.5, 0.6) is 11.5 Å². The summed E-state index contributed by atoms with van der Waals surface area (Å²) in [4.78, 5) is 39.9. The highest BCUT2D eigenvalue weighted by Crippen LogP contribution is 2.28. The van der Waals surface area contributed by atoms with Gasteiger partial charge < -0.3 is 24.4 Å². The van der Waals surface area contributed by atoms with Gasteiger partial charge in [-0.25, -0.2) is 4.79 Å². The average molecular weight is 398 g/mol. The van der Waals surface area contributed by atoms with Crippen LogP contribution in [0.15, 0.2) is 42.5 Å². The van der Waals surface area contributed by atoms with Crippen LogP contribution in [0.3, 0.4) is 0 Å². The molecule has 0 bridgehead atoms. The lowest BCUT2D eigenvalue weighted by atomic mass is 10.1. The minimum absolute atomic E-state index is 0.0677. The van der Waals surface area contributed by atoms with E-state index in [0.29, 0.717) is 48.8 Å². The number of hydrogen-bond acceptors (Lipinski definition) is 5. The second kappa shape index (κ2) is 8.64. The Morgan fingerprint density at radius 2 is 1.28 bits per heavy atom. The SMILES string of the molecule is COc1ccc(C(=O)N2CCN(C(=O)c3cccc(C(=O)O)c3)CC2)cc1OC. The number of carboxylic acids is 1. The van der Waals surface area contributed by atoms with Gasteiger partial charge in [0.05, 0.1) is 19.8 Å². The van der Waals surface area contributed by atoms with Crippen molar-refractivity contribution in [3.8, 4) is 11.5 Å². The Bertz CT molecular complexity index is 935. The van der Waals surface area contributed by atoms with E-state index in [9.17, 15) is 14.4 Å². The predicted molar refractivity (Wildman–Crippen MR) is 105 cm³/mol. The topological polar surface area (TPSA) is 96.4 Å². The van der Waals surface area contributed by atoms with Gasteiger partial charge in [0.2, 0.25) is 0 Å². The van der Waals surface area contributed by atoms with E-state index >= 15 is 0 Å². The number of hydrogen-bond donors (Lipinski definition) is 1. The molecule has 29 heavy (non-hydrogen) atoms. The van der Waals surface area contributed by atoms with Crippen molar-refractivity contribution in [1.82, 2.24) is 9.80 Å². The monoisotopic (exact) mass is 398 g/mol. The van der Waals surface area contributed by atoms with Gasteiger partial charge >= 0.3 is 5.97 Å². The molecule has 0 saturated carbocycles. The molecule has 2 amide bonds. The van der Waals surface area contributed by atoms with Crippen LogP contribution in [-0.2, 0) is 0 Å². The molecule has 1 aliphatic rings. The van der Waals surface area contributed by atoms with Crippen molar-refractivity contribution in [2.45, 2.75) is 0 Å². The molecule has 0 aliphatic carbocycles. The van der Waals surface area contributed by atoms with Crippen molar-refractivity contribution in [2.24, 2.45) is 0 Å². The van der Waals surface area contributed by atoms with Crippen LogP contribution in [0.2, 0.25) is 0 Å². The standard InChI is InChI=1S/C21H22N2O6/c1-28-17-7-6-15(13-18(17)29-2)20(25)23-10-8-22(9-11-23)19(24)14-4-3-5-16(12-14)21(26)27/h3-7,12-13H,8-11H2,1-2H3,(H,26,27). The number of carbonyl (C=O) groups is 3. The lowest BCUT2D eigenvalue weighted by Gasteiger charge is -2.35. The van der Waals surface area contributed by atoms with E-state index in [1.807, 2.05) is 0 Å². The summed E-state index contributed by atoms with van der Waals surface area (Å²) >= 11 is 0. The molecule has 3 rings (SSSR count). The lowest BCUT2D eigenvalue weighted by molar-refractivity contribution is 0.0535. The molecule has 152 valence electrons. The quantitative estimate of drug-likeness (QED) is 0.828. The molecule has 1 saturated heterocycles.